The largest absolute Gasteiger partial charge is 0.497 e. The summed E-state index contributed by atoms with van der Waals surface area (Å²) in [5.41, 5.74) is 2.56. The highest BCUT2D eigenvalue weighted by atomic mass is 16.5. The molecular weight excluding hydrogens is 300 g/mol. The third-order valence-electron chi connectivity index (χ3n) is 5.89. The standard InChI is InChI=1S/C20H26N2O2/c1-24-15-7-8-18-16(11-15)17(12-21-18)20(9-10-20)13-22-19(23)14-5-3-2-4-6-14/h7-8,11-12,14,21H,2-6,9-10,13H2,1H3,(H,22,23). The highest BCUT2D eigenvalue weighted by Crippen LogP contribution is 2.50. The number of ether oxygens (including phenoxy) is 1. The number of carbonyl (C=O) groups excluding carboxylic acids is 1. The van der Waals surface area contributed by atoms with Crippen molar-refractivity contribution in [1.82, 2.24) is 10.3 Å². The maximum absolute atomic E-state index is 12.5. The first kappa shape index (κ1) is 15.6. The van der Waals surface area contributed by atoms with E-state index in [4.69, 9.17) is 4.74 Å². The molecule has 4 nitrogen and oxygen atoms in total. The molecule has 2 saturated carbocycles. The fourth-order valence-corrected chi connectivity index (χ4v) is 4.12. The smallest absolute Gasteiger partial charge is 0.223 e. The van der Waals surface area contributed by atoms with Crippen molar-refractivity contribution in [3.05, 3.63) is 30.0 Å². The molecule has 24 heavy (non-hydrogen) atoms. The fourth-order valence-electron chi connectivity index (χ4n) is 4.12. The van der Waals surface area contributed by atoms with Crippen molar-refractivity contribution < 1.29 is 9.53 Å². The lowest BCUT2D eigenvalue weighted by molar-refractivity contribution is -0.126. The zero-order valence-corrected chi connectivity index (χ0v) is 14.4. The molecule has 0 bridgehead atoms. The Morgan fingerprint density at radius 1 is 1.29 bits per heavy atom. The lowest BCUT2D eigenvalue weighted by Crippen LogP contribution is -2.37. The van der Waals surface area contributed by atoms with Crippen LogP contribution >= 0.6 is 0 Å². The predicted octanol–water partition coefficient (Wildman–Crippen LogP) is 3.90. The van der Waals surface area contributed by atoms with Gasteiger partial charge < -0.3 is 15.0 Å². The predicted molar refractivity (Wildman–Crippen MR) is 95.3 cm³/mol. The van der Waals surface area contributed by atoms with Gasteiger partial charge in [0.2, 0.25) is 5.91 Å². The molecule has 4 heteroatoms. The Kier molecular flexibility index (Phi) is 3.99. The van der Waals surface area contributed by atoms with Crippen molar-refractivity contribution in [2.75, 3.05) is 13.7 Å². The van der Waals surface area contributed by atoms with Crippen molar-refractivity contribution >= 4 is 16.8 Å². The quantitative estimate of drug-likeness (QED) is 0.875. The number of nitrogens with one attached hydrogen (secondary N) is 2. The van der Waals surface area contributed by atoms with Gasteiger partial charge in [-0.25, -0.2) is 0 Å². The number of H-pyrrole nitrogens is 1. The summed E-state index contributed by atoms with van der Waals surface area (Å²) < 4.78 is 5.37. The maximum Gasteiger partial charge on any atom is 0.223 e. The number of rotatable bonds is 5. The van der Waals surface area contributed by atoms with Gasteiger partial charge in [-0.2, -0.15) is 0 Å². The van der Waals surface area contributed by atoms with E-state index >= 15 is 0 Å². The van der Waals surface area contributed by atoms with Crippen LogP contribution in [0, 0.1) is 5.92 Å². The van der Waals surface area contributed by atoms with Crippen LogP contribution < -0.4 is 10.1 Å². The van der Waals surface area contributed by atoms with Crippen molar-refractivity contribution in [1.29, 1.82) is 0 Å². The normalized spacial score (nSPS) is 20.0. The van der Waals surface area contributed by atoms with E-state index in [1.807, 2.05) is 6.07 Å². The van der Waals surface area contributed by atoms with Gasteiger partial charge in [0.15, 0.2) is 0 Å². The number of carbonyl (C=O) groups is 1. The summed E-state index contributed by atoms with van der Waals surface area (Å²) in [7, 11) is 1.70. The molecular formula is C20H26N2O2. The molecule has 1 heterocycles. The zero-order valence-electron chi connectivity index (χ0n) is 14.4. The minimum Gasteiger partial charge on any atom is -0.497 e. The molecule has 2 N–H and O–H groups in total. The molecule has 0 radical (unpaired) electrons. The average molecular weight is 326 g/mol. The minimum atomic E-state index is 0.106. The SMILES string of the molecule is COc1ccc2[nH]cc(C3(CNC(=O)C4CCCCC4)CC3)c2c1. The van der Waals surface area contributed by atoms with Gasteiger partial charge in [0.25, 0.3) is 0 Å². The van der Waals surface area contributed by atoms with Gasteiger partial charge in [-0.1, -0.05) is 19.3 Å². The van der Waals surface area contributed by atoms with E-state index in [0.717, 1.165) is 43.5 Å². The van der Waals surface area contributed by atoms with Crippen LogP contribution in [0.2, 0.25) is 0 Å². The van der Waals surface area contributed by atoms with Crippen LogP contribution in [0.25, 0.3) is 10.9 Å². The molecule has 128 valence electrons. The number of fused-ring (bicyclic) bond motifs is 1. The molecule has 1 aromatic heterocycles. The van der Waals surface area contributed by atoms with Crippen LogP contribution in [-0.2, 0) is 10.2 Å². The molecule has 0 unspecified atom stereocenters. The first-order valence-corrected chi connectivity index (χ1v) is 9.15. The second kappa shape index (κ2) is 6.15. The fraction of sp³-hybridized carbons (Fsp3) is 0.550. The number of benzene rings is 1. The Labute approximate surface area is 143 Å². The number of hydrogen-bond donors (Lipinski definition) is 2. The van der Waals surface area contributed by atoms with Gasteiger partial charge in [0, 0.05) is 35.0 Å². The second-order valence-corrected chi connectivity index (χ2v) is 7.45. The summed E-state index contributed by atoms with van der Waals surface area (Å²) in [6.07, 6.45) is 10.2. The molecule has 1 amide bonds. The van der Waals surface area contributed by atoms with Crippen molar-refractivity contribution in [2.24, 2.45) is 5.92 Å². The topological polar surface area (TPSA) is 54.1 Å². The van der Waals surface area contributed by atoms with Crippen molar-refractivity contribution in [2.45, 2.75) is 50.4 Å². The lowest BCUT2D eigenvalue weighted by atomic mass is 9.88. The van der Waals surface area contributed by atoms with Crippen molar-refractivity contribution in [3.63, 3.8) is 0 Å². The summed E-state index contributed by atoms with van der Waals surface area (Å²) in [4.78, 5) is 15.8. The molecule has 2 aliphatic carbocycles. The number of aromatic amines is 1. The van der Waals surface area contributed by atoms with Gasteiger partial charge >= 0.3 is 0 Å². The monoisotopic (exact) mass is 326 g/mol. The van der Waals surface area contributed by atoms with Gasteiger partial charge in [-0.05, 0) is 49.4 Å². The molecule has 0 spiro atoms. The Balaban J connectivity index is 1.50. The summed E-state index contributed by atoms with van der Waals surface area (Å²) >= 11 is 0. The number of methoxy groups -OCH3 is 1. The highest BCUT2D eigenvalue weighted by molar-refractivity contribution is 5.86. The Morgan fingerprint density at radius 2 is 2.08 bits per heavy atom. The Bertz CT molecular complexity index is 739. The summed E-state index contributed by atoms with van der Waals surface area (Å²) in [5, 5.41) is 4.47. The molecule has 2 aliphatic rings. The van der Waals surface area contributed by atoms with Gasteiger partial charge in [0.05, 0.1) is 7.11 Å². The van der Waals surface area contributed by atoms with Gasteiger partial charge in [-0.15, -0.1) is 0 Å². The molecule has 1 aromatic carbocycles. The molecule has 4 rings (SSSR count). The molecule has 0 saturated heterocycles. The number of hydrogen-bond acceptors (Lipinski definition) is 2. The lowest BCUT2D eigenvalue weighted by Gasteiger charge is -2.23. The van der Waals surface area contributed by atoms with Gasteiger partial charge in [-0.3, -0.25) is 4.79 Å². The first-order chi connectivity index (χ1) is 11.7. The number of aromatic nitrogens is 1. The summed E-state index contributed by atoms with van der Waals surface area (Å²) in [5.74, 6) is 1.38. The Hall–Kier alpha value is -1.97. The van der Waals surface area contributed by atoms with Crippen LogP contribution in [0.1, 0.15) is 50.5 Å². The summed E-state index contributed by atoms with van der Waals surface area (Å²) in [6.45, 7) is 0.756. The molecule has 2 aromatic rings. The zero-order chi connectivity index (χ0) is 16.6. The van der Waals surface area contributed by atoms with Crippen LogP contribution in [0.5, 0.6) is 5.75 Å². The van der Waals surface area contributed by atoms with E-state index < -0.39 is 0 Å². The van der Waals surface area contributed by atoms with Crippen LogP contribution in [0.3, 0.4) is 0 Å². The van der Waals surface area contributed by atoms with Crippen LogP contribution in [-0.4, -0.2) is 24.5 Å². The third kappa shape index (κ3) is 2.79. The minimum absolute atomic E-state index is 0.106. The molecule has 0 aliphatic heterocycles. The third-order valence-corrected chi connectivity index (χ3v) is 5.89. The van der Waals surface area contributed by atoms with Gasteiger partial charge in [0.1, 0.15) is 5.75 Å². The van der Waals surface area contributed by atoms with E-state index in [0.29, 0.717) is 0 Å². The Morgan fingerprint density at radius 3 is 2.79 bits per heavy atom. The van der Waals surface area contributed by atoms with E-state index in [1.54, 1.807) is 7.11 Å². The maximum atomic E-state index is 12.5. The van der Waals surface area contributed by atoms with Crippen LogP contribution in [0.4, 0.5) is 0 Å². The number of amides is 1. The average Bonchev–Trinajstić information content (AvgIpc) is 3.30. The van der Waals surface area contributed by atoms with E-state index in [2.05, 4.69) is 28.6 Å². The van der Waals surface area contributed by atoms with E-state index in [1.165, 1.54) is 30.2 Å². The molecule has 2 fully saturated rings. The highest BCUT2D eigenvalue weighted by Gasteiger charge is 2.46. The summed E-state index contributed by atoms with van der Waals surface area (Å²) in [6, 6.07) is 6.14. The van der Waals surface area contributed by atoms with Crippen LogP contribution in [0.15, 0.2) is 24.4 Å². The molecule has 0 atom stereocenters. The van der Waals surface area contributed by atoms with E-state index in [9.17, 15) is 4.79 Å². The van der Waals surface area contributed by atoms with Crippen molar-refractivity contribution in [3.8, 4) is 5.75 Å². The second-order valence-electron chi connectivity index (χ2n) is 7.45. The first-order valence-electron chi connectivity index (χ1n) is 9.15. The van der Waals surface area contributed by atoms with E-state index in [-0.39, 0.29) is 17.2 Å².